The normalized spacial score (nSPS) is 11.1. The number of aromatic amines is 1. The minimum atomic E-state index is -0.124. The van der Waals surface area contributed by atoms with Crippen LogP contribution in [-0.2, 0) is 13.0 Å². The van der Waals surface area contributed by atoms with E-state index in [1.54, 1.807) is 11.9 Å². The largest absolute Gasteiger partial charge is 0.361 e. The van der Waals surface area contributed by atoms with Gasteiger partial charge in [0.15, 0.2) is 0 Å². The van der Waals surface area contributed by atoms with Crippen molar-refractivity contribution in [1.82, 2.24) is 25.3 Å². The average molecular weight is 376 g/mol. The van der Waals surface area contributed by atoms with Crippen molar-refractivity contribution in [3.8, 4) is 0 Å². The van der Waals surface area contributed by atoms with Crippen molar-refractivity contribution in [3.05, 3.63) is 46.1 Å². The van der Waals surface area contributed by atoms with Crippen molar-refractivity contribution >= 4 is 28.7 Å². The number of amides is 2. The number of fused-ring (bicyclic) bond motifs is 1. The first-order valence-electron chi connectivity index (χ1n) is 8.49. The maximum Gasteiger partial charge on any atom is 0.317 e. The Labute approximate surface area is 156 Å². The second-order valence-electron chi connectivity index (χ2n) is 6.34. The van der Waals surface area contributed by atoms with Gasteiger partial charge in [-0.15, -0.1) is 0 Å². The van der Waals surface area contributed by atoms with Gasteiger partial charge in [0.25, 0.3) is 0 Å². The standard InChI is InChI=1S/C18H22ClN5O2/c1-11-14(12(2)26-23-11)10-24(3)18(25)20-8-4-5-17-21-15-7-6-13(19)9-16(15)22-17/h6-7,9H,4-5,8,10H2,1-3H3,(H,20,25)(H,21,22). The number of nitrogens with one attached hydrogen (secondary N) is 2. The van der Waals surface area contributed by atoms with Crippen molar-refractivity contribution in [1.29, 1.82) is 0 Å². The number of imidazole rings is 1. The van der Waals surface area contributed by atoms with Crippen molar-refractivity contribution in [2.24, 2.45) is 0 Å². The molecule has 0 spiro atoms. The fourth-order valence-corrected chi connectivity index (χ4v) is 2.95. The molecule has 1 aromatic carbocycles. The molecular weight excluding hydrogens is 354 g/mol. The topological polar surface area (TPSA) is 87.1 Å². The van der Waals surface area contributed by atoms with E-state index in [9.17, 15) is 4.79 Å². The van der Waals surface area contributed by atoms with Gasteiger partial charge >= 0.3 is 6.03 Å². The summed E-state index contributed by atoms with van der Waals surface area (Å²) in [4.78, 5) is 21.6. The number of urea groups is 1. The lowest BCUT2D eigenvalue weighted by molar-refractivity contribution is 0.206. The van der Waals surface area contributed by atoms with Gasteiger partial charge in [-0.3, -0.25) is 0 Å². The molecule has 0 aliphatic heterocycles. The molecule has 0 saturated carbocycles. The molecule has 3 aromatic rings. The van der Waals surface area contributed by atoms with Crippen LogP contribution in [0, 0.1) is 13.8 Å². The van der Waals surface area contributed by atoms with Crippen LogP contribution in [-0.4, -0.2) is 39.6 Å². The van der Waals surface area contributed by atoms with Crippen LogP contribution < -0.4 is 5.32 Å². The maximum atomic E-state index is 12.2. The molecule has 2 aromatic heterocycles. The predicted octanol–water partition coefficient (Wildman–Crippen LogP) is 3.60. The number of aromatic nitrogens is 3. The zero-order chi connectivity index (χ0) is 18.7. The molecule has 0 aliphatic carbocycles. The highest BCUT2D eigenvalue weighted by atomic mass is 35.5. The first-order valence-corrected chi connectivity index (χ1v) is 8.86. The van der Waals surface area contributed by atoms with E-state index in [1.165, 1.54) is 0 Å². The third-order valence-electron chi connectivity index (χ3n) is 4.28. The zero-order valence-electron chi connectivity index (χ0n) is 15.1. The van der Waals surface area contributed by atoms with E-state index in [4.69, 9.17) is 16.1 Å². The Bertz CT molecular complexity index is 898. The van der Waals surface area contributed by atoms with Crippen molar-refractivity contribution < 1.29 is 9.32 Å². The van der Waals surface area contributed by atoms with Crippen LogP contribution in [0.15, 0.2) is 22.7 Å². The highest BCUT2D eigenvalue weighted by Gasteiger charge is 2.15. The van der Waals surface area contributed by atoms with E-state index in [-0.39, 0.29) is 6.03 Å². The number of hydrogen-bond acceptors (Lipinski definition) is 4. The fraction of sp³-hybridized carbons (Fsp3) is 0.389. The van der Waals surface area contributed by atoms with E-state index in [1.807, 2.05) is 32.0 Å². The van der Waals surface area contributed by atoms with Crippen LogP contribution in [0.25, 0.3) is 11.0 Å². The summed E-state index contributed by atoms with van der Waals surface area (Å²) in [7, 11) is 1.75. The summed E-state index contributed by atoms with van der Waals surface area (Å²) in [5.74, 6) is 1.63. The molecule has 0 bridgehead atoms. The summed E-state index contributed by atoms with van der Waals surface area (Å²) < 4.78 is 5.13. The zero-order valence-corrected chi connectivity index (χ0v) is 15.9. The summed E-state index contributed by atoms with van der Waals surface area (Å²) in [5, 5.41) is 7.51. The van der Waals surface area contributed by atoms with E-state index in [0.29, 0.717) is 18.1 Å². The van der Waals surface area contributed by atoms with Gasteiger partial charge in [0.1, 0.15) is 11.6 Å². The fourth-order valence-electron chi connectivity index (χ4n) is 2.78. The van der Waals surface area contributed by atoms with Crippen LogP contribution in [0.5, 0.6) is 0 Å². The minimum Gasteiger partial charge on any atom is -0.361 e. The van der Waals surface area contributed by atoms with Crippen LogP contribution in [0.4, 0.5) is 4.79 Å². The van der Waals surface area contributed by atoms with Crippen molar-refractivity contribution in [2.45, 2.75) is 33.2 Å². The minimum absolute atomic E-state index is 0.124. The smallest absolute Gasteiger partial charge is 0.317 e. The van der Waals surface area contributed by atoms with Gasteiger partial charge in [-0.25, -0.2) is 9.78 Å². The molecule has 8 heteroatoms. The van der Waals surface area contributed by atoms with E-state index >= 15 is 0 Å². The van der Waals surface area contributed by atoms with E-state index in [2.05, 4.69) is 20.4 Å². The number of halogens is 1. The summed E-state index contributed by atoms with van der Waals surface area (Å²) in [6.45, 7) is 4.76. The predicted molar refractivity (Wildman–Crippen MR) is 100 cm³/mol. The maximum absolute atomic E-state index is 12.2. The van der Waals surface area contributed by atoms with Crippen molar-refractivity contribution in [3.63, 3.8) is 0 Å². The van der Waals surface area contributed by atoms with Crippen molar-refractivity contribution in [2.75, 3.05) is 13.6 Å². The summed E-state index contributed by atoms with van der Waals surface area (Å²) in [6, 6.07) is 5.45. The third kappa shape index (κ3) is 4.16. The lowest BCUT2D eigenvalue weighted by Crippen LogP contribution is -2.37. The average Bonchev–Trinajstić information content (AvgIpc) is 3.15. The number of carbonyl (C=O) groups is 1. The van der Waals surface area contributed by atoms with Gasteiger partial charge in [0, 0.05) is 30.6 Å². The summed E-state index contributed by atoms with van der Waals surface area (Å²) >= 11 is 5.98. The number of H-pyrrole nitrogens is 1. The van der Waals surface area contributed by atoms with Gasteiger partial charge < -0.3 is 19.7 Å². The summed E-state index contributed by atoms with van der Waals surface area (Å²) in [5.41, 5.74) is 3.58. The molecule has 138 valence electrons. The molecular formula is C18H22ClN5O2. The molecule has 2 amide bonds. The highest BCUT2D eigenvalue weighted by molar-refractivity contribution is 6.31. The van der Waals surface area contributed by atoms with Gasteiger partial charge in [0.05, 0.1) is 23.3 Å². The lowest BCUT2D eigenvalue weighted by atomic mass is 10.2. The third-order valence-corrected chi connectivity index (χ3v) is 4.52. The van der Waals surface area contributed by atoms with Gasteiger partial charge in [0.2, 0.25) is 0 Å². The van der Waals surface area contributed by atoms with E-state index in [0.717, 1.165) is 46.7 Å². The molecule has 0 unspecified atom stereocenters. The van der Waals surface area contributed by atoms with Crippen LogP contribution in [0.2, 0.25) is 5.02 Å². The van der Waals surface area contributed by atoms with Gasteiger partial charge in [-0.2, -0.15) is 0 Å². The number of nitrogens with zero attached hydrogens (tertiary/aromatic N) is 3. The van der Waals surface area contributed by atoms with E-state index < -0.39 is 0 Å². The number of rotatable bonds is 6. The Morgan fingerprint density at radius 3 is 2.92 bits per heavy atom. The van der Waals surface area contributed by atoms with Crippen LogP contribution >= 0.6 is 11.6 Å². The molecule has 0 radical (unpaired) electrons. The second kappa shape index (κ2) is 7.78. The highest BCUT2D eigenvalue weighted by Crippen LogP contribution is 2.17. The molecule has 0 atom stereocenters. The molecule has 26 heavy (non-hydrogen) atoms. The lowest BCUT2D eigenvalue weighted by Gasteiger charge is -2.17. The number of benzene rings is 1. The SMILES string of the molecule is Cc1noc(C)c1CN(C)C(=O)NCCCc1nc2ccc(Cl)cc2[nH]1. The Morgan fingerprint density at radius 1 is 1.38 bits per heavy atom. The van der Waals surface area contributed by atoms with Gasteiger partial charge in [-0.1, -0.05) is 16.8 Å². The van der Waals surface area contributed by atoms with Crippen LogP contribution in [0.1, 0.15) is 29.3 Å². The van der Waals surface area contributed by atoms with Gasteiger partial charge in [-0.05, 0) is 38.5 Å². The Kier molecular flexibility index (Phi) is 5.46. The number of aryl methyl sites for hydroxylation is 3. The molecule has 0 fully saturated rings. The molecule has 0 saturated heterocycles. The first-order chi connectivity index (χ1) is 12.4. The monoisotopic (exact) mass is 375 g/mol. The molecule has 3 rings (SSSR count). The first kappa shape index (κ1) is 18.3. The Morgan fingerprint density at radius 2 is 2.19 bits per heavy atom. The second-order valence-corrected chi connectivity index (χ2v) is 6.78. The molecule has 2 N–H and O–H groups in total. The number of hydrogen-bond donors (Lipinski definition) is 2. The van der Waals surface area contributed by atoms with Crippen LogP contribution in [0.3, 0.4) is 0 Å². The summed E-state index contributed by atoms with van der Waals surface area (Å²) in [6.07, 6.45) is 1.54. The molecule has 7 nitrogen and oxygen atoms in total. The molecule has 2 heterocycles. The Hall–Kier alpha value is -2.54. The quantitative estimate of drug-likeness (QED) is 0.644. The number of carbonyl (C=O) groups excluding carboxylic acids is 1. The Balaban J connectivity index is 1.45. The molecule has 0 aliphatic rings.